The number of nitrogens with one attached hydrogen (secondary N) is 1. The van der Waals surface area contributed by atoms with E-state index >= 15 is 0 Å². The monoisotopic (exact) mass is 235 g/mol. The molecule has 16 heavy (non-hydrogen) atoms. The second-order valence-corrected chi connectivity index (χ2v) is 5.28. The van der Waals surface area contributed by atoms with Crippen molar-refractivity contribution in [2.45, 2.75) is 37.1 Å². The second-order valence-electron chi connectivity index (χ2n) is 4.22. The molecule has 86 valence electrons. The van der Waals surface area contributed by atoms with E-state index in [9.17, 15) is 4.79 Å². The molecule has 0 bridgehead atoms. The summed E-state index contributed by atoms with van der Waals surface area (Å²) in [5, 5.41) is 3.06. The third-order valence-electron chi connectivity index (χ3n) is 3.02. The van der Waals surface area contributed by atoms with Crippen LogP contribution in [0.5, 0.6) is 0 Å². The molecule has 2 atom stereocenters. The molecule has 1 N–H and O–H groups in total. The standard InChI is InChI=1S/C13H17NOS/c1-3-9(2)14-13(15)11-8-16-12-7-5-4-6-10(11)12/h4-7,9,11H,3,8H2,1-2H3,(H,14,15). The predicted molar refractivity (Wildman–Crippen MR) is 67.8 cm³/mol. The van der Waals surface area contributed by atoms with Gasteiger partial charge in [-0.25, -0.2) is 0 Å². The van der Waals surface area contributed by atoms with Gasteiger partial charge in [0.05, 0.1) is 5.92 Å². The largest absolute Gasteiger partial charge is 0.353 e. The first-order chi connectivity index (χ1) is 7.72. The van der Waals surface area contributed by atoms with Crippen molar-refractivity contribution < 1.29 is 4.79 Å². The van der Waals surface area contributed by atoms with E-state index < -0.39 is 0 Å². The molecule has 0 saturated carbocycles. The molecule has 0 aromatic heterocycles. The highest BCUT2D eigenvalue weighted by Gasteiger charge is 2.29. The van der Waals surface area contributed by atoms with E-state index in [0.717, 1.165) is 12.2 Å². The van der Waals surface area contributed by atoms with Crippen LogP contribution in [0.1, 0.15) is 31.7 Å². The summed E-state index contributed by atoms with van der Waals surface area (Å²) >= 11 is 1.78. The highest BCUT2D eigenvalue weighted by atomic mass is 32.2. The van der Waals surface area contributed by atoms with Gasteiger partial charge in [-0.3, -0.25) is 4.79 Å². The van der Waals surface area contributed by atoms with Crippen LogP contribution in [-0.4, -0.2) is 17.7 Å². The number of carbonyl (C=O) groups is 1. The number of thioether (sulfide) groups is 1. The third-order valence-corrected chi connectivity index (χ3v) is 4.20. The first-order valence-corrected chi connectivity index (χ1v) is 6.73. The van der Waals surface area contributed by atoms with Crippen LogP contribution in [0.4, 0.5) is 0 Å². The van der Waals surface area contributed by atoms with Crippen LogP contribution >= 0.6 is 11.8 Å². The summed E-state index contributed by atoms with van der Waals surface area (Å²) in [6, 6.07) is 8.46. The van der Waals surface area contributed by atoms with Gasteiger partial charge in [0.2, 0.25) is 5.91 Å². The van der Waals surface area contributed by atoms with E-state index in [1.165, 1.54) is 10.5 Å². The van der Waals surface area contributed by atoms with Crippen LogP contribution in [-0.2, 0) is 4.79 Å². The van der Waals surface area contributed by atoms with E-state index in [4.69, 9.17) is 0 Å². The molecule has 1 aromatic carbocycles. The average Bonchev–Trinajstić information content (AvgIpc) is 2.72. The van der Waals surface area contributed by atoms with Gasteiger partial charge in [0.25, 0.3) is 0 Å². The Bertz CT molecular complexity index is 391. The Morgan fingerprint density at radius 3 is 3.06 bits per heavy atom. The minimum atomic E-state index is 0.0372. The van der Waals surface area contributed by atoms with Crippen LogP contribution in [0.15, 0.2) is 29.2 Å². The number of benzene rings is 1. The third kappa shape index (κ3) is 2.24. The van der Waals surface area contributed by atoms with Crippen molar-refractivity contribution in [2.75, 3.05) is 5.75 Å². The lowest BCUT2D eigenvalue weighted by atomic mass is 10.00. The molecule has 1 heterocycles. The molecular formula is C13H17NOS. The molecule has 0 fully saturated rings. The van der Waals surface area contributed by atoms with Crippen molar-refractivity contribution in [1.29, 1.82) is 0 Å². The highest BCUT2D eigenvalue weighted by molar-refractivity contribution is 7.99. The number of amides is 1. The smallest absolute Gasteiger partial charge is 0.228 e. The molecule has 2 rings (SSSR count). The molecule has 0 saturated heterocycles. The van der Waals surface area contributed by atoms with E-state index in [1.54, 1.807) is 11.8 Å². The zero-order valence-corrected chi connectivity index (χ0v) is 10.5. The zero-order valence-electron chi connectivity index (χ0n) is 9.69. The molecule has 3 heteroatoms. The maximum absolute atomic E-state index is 12.1. The summed E-state index contributed by atoms with van der Waals surface area (Å²) in [5.41, 5.74) is 1.19. The van der Waals surface area contributed by atoms with Gasteiger partial charge in [0.15, 0.2) is 0 Å². The van der Waals surface area contributed by atoms with Gasteiger partial charge in [0, 0.05) is 16.7 Å². The lowest BCUT2D eigenvalue weighted by molar-refractivity contribution is -0.122. The van der Waals surface area contributed by atoms with Crippen LogP contribution in [0.2, 0.25) is 0 Å². The molecule has 0 radical (unpaired) electrons. The van der Waals surface area contributed by atoms with Crippen molar-refractivity contribution >= 4 is 17.7 Å². The summed E-state index contributed by atoms with van der Waals surface area (Å²) in [5.74, 6) is 1.09. The van der Waals surface area contributed by atoms with Crippen molar-refractivity contribution in [3.8, 4) is 0 Å². The molecular weight excluding hydrogens is 218 g/mol. The Balaban J connectivity index is 2.10. The number of hydrogen-bond acceptors (Lipinski definition) is 2. The number of rotatable bonds is 3. The predicted octanol–water partition coefficient (Wildman–Crippen LogP) is 2.79. The van der Waals surface area contributed by atoms with E-state index in [1.807, 2.05) is 19.1 Å². The lowest BCUT2D eigenvalue weighted by Crippen LogP contribution is -2.36. The fraction of sp³-hybridized carbons (Fsp3) is 0.462. The molecule has 1 amide bonds. The maximum Gasteiger partial charge on any atom is 0.228 e. The van der Waals surface area contributed by atoms with E-state index in [0.29, 0.717) is 0 Å². The highest BCUT2D eigenvalue weighted by Crippen LogP contribution is 2.39. The van der Waals surface area contributed by atoms with Gasteiger partial charge in [-0.2, -0.15) is 0 Å². The van der Waals surface area contributed by atoms with E-state index in [2.05, 4.69) is 24.4 Å². The summed E-state index contributed by atoms with van der Waals surface area (Å²) in [4.78, 5) is 13.3. The number of carbonyl (C=O) groups excluding carboxylic acids is 1. The van der Waals surface area contributed by atoms with Gasteiger partial charge in [-0.15, -0.1) is 11.8 Å². The number of fused-ring (bicyclic) bond motifs is 1. The first-order valence-electron chi connectivity index (χ1n) is 5.74. The van der Waals surface area contributed by atoms with Crippen LogP contribution in [0.3, 0.4) is 0 Å². The fourth-order valence-electron chi connectivity index (χ4n) is 1.83. The van der Waals surface area contributed by atoms with Gasteiger partial charge in [-0.05, 0) is 25.0 Å². The topological polar surface area (TPSA) is 29.1 Å². The quantitative estimate of drug-likeness (QED) is 0.873. The van der Waals surface area contributed by atoms with Crippen molar-refractivity contribution in [3.63, 3.8) is 0 Å². The summed E-state index contributed by atoms with van der Waals surface area (Å²) in [7, 11) is 0. The SMILES string of the molecule is CCC(C)NC(=O)C1CSc2ccccc21. The second kappa shape index (κ2) is 4.91. The minimum Gasteiger partial charge on any atom is -0.353 e. The molecule has 2 unspecified atom stereocenters. The van der Waals surface area contributed by atoms with Gasteiger partial charge in [0.1, 0.15) is 0 Å². The Labute approximate surface area is 101 Å². The van der Waals surface area contributed by atoms with Crippen LogP contribution in [0, 0.1) is 0 Å². The fourth-order valence-corrected chi connectivity index (χ4v) is 3.05. The summed E-state index contributed by atoms with van der Waals surface area (Å²) in [6.07, 6.45) is 0.979. The molecule has 1 aromatic rings. The molecule has 1 aliphatic rings. The Morgan fingerprint density at radius 2 is 2.31 bits per heavy atom. The molecule has 1 aliphatic heterocycles. The Morgan fingerprint density at radius 1 is 1.56 bits per heavy atom. The van der Waals surface area contributed by atoms with Gasteiger partial charge in [-0.1, -0.05) is 25.1 Å². The van der Waals surface area contributed by atoms with Gasteiger partial charge >= 0.3 is 0 Å². The van der Waals surface area contributed by atoms with Crippen molar-refractivity contribution in [2.24, 2.45) is 0 Å². The summed E-state index contributed by atoms with van der Waals surface area (Å²) in [6.45, 7) is 4.13. The van der Waals surface area contributed by atoms with E-state index in [-0.39, 0.29) is 17.9 Å². The summed E-state index contributed by atoms with van der Waals surface area (Å²) < 4.78 is 0. The zero-order chi connectivity index (χ0) is 11.5. The number of hydrogen-bond donors (Lipinski definition) is 1. The normalized spacial score (nSPS) is 20.2. The molecule has 2 nitrogen and oxygen atoms in total. The van der Waals surface area contributed by atoms with Crippen LogP contribution in [0.25, 0.3) is 0 Å². The van der Waals surface area contributed by atoms with Gasteiger partial charge < -0.3 is 5.32 Å². The molecule has 0 spiro atoms. The van der Waals surface area contributed by atoms with Crippen molar-refractivity contribution in [3.05, 3.63) is 29.8 Å². The first kappa shape index (κ1) is 11.5. The lowest BCUT2D eigenvalue weighted by Gasteiger charge is -2.15. The Hall–Kier alpha value is -0.960. The average molecular weight is 235 g/mol. The minimum absolute atomic E-state index is 0.0372. The van der Waals surface area contributed by atoms with Crippen molar-refractivity contribution in [1.82, 2.24) is 5.32 Å². The molecule has 0 aliphatic carbocycles. The maximum atomic E-state index is 12.1. The Kier molecular flexibility index (Phi) is 3.54. The van der Waals surface area contributed by atoms with Crippen LogP contribution < -0.4 is 5.32 Å².